The molecule has 0 saturated carbocycles. The Hall–Kier alpha value is -3.15. The van der Waals surface area contributed by atoms with Gasteiger partial charge in [0, 0.05) is 30.2 Å². The molecule has 6 heteroatoms. The highest BCUT2D eigenvalue weighted by molar-refractivity contribution is 6.05. The van der Waals surface area contributed by atoms with Crippen molar-refractivity contribution in [1.82, 2.24) is 9.38 Å². The number of anilines is 2. The average molecular weight is 364 g/mol. The van der Waals surface area contributed by atoms with Gasteiger partial charge in [-0.2, -0.15) is 0 Å². The molecular weight excluding hydrogens is 340 g/mol. The lowest BCUT2D eigenvalue weighted by Gasteiger charge is -2.13. The van der Waals surface area contributed by atoms with Gasteiger partial charge in [-0.25, -0.2) is 4.98 Å². The molecule has 27 heavy (non-hydrogen) atoms. The Morgan fingerprint density at radius 2 is 1.85 bits per heavy atom. The van der Waals surface area contributed by atoms with Crippen LogP contribution in [-0.4, -0.2) is 21.2 Å². The summed E-state index contributed by atoms with van der Waals surface area (Å²) in [5.74, 6) is -0.345. The van der Waals surface area contributed by atoms with Gasteiger partial charge in [-0.05, 0) is 49.6 Å². The van der Waals surface area contributed by atoms with E-state index in [9.17, 15) is 9.59 Å². The largest absolute Gasteiger partial charge is 0.326 e. The fraction of sp³-hybridized carbons (Fsp3) is 0.286. The van der Waals surface area contributed by atoms with Crippen molar-refractivity contribution in [3.05, 3.63) is 59.0 Å². The first kappa shape index (κ1) is 18.6. The maximum absolute atomic E-state index is 12.8. The Morgan fingerprint density at radius 3 is 2.52 bits per heavy atom. The number of nitrogens with one attached hydrogen (secondary N) is 2. The van der Waals surface area contributed by atoms with Crippen LogP contribution in [0.4, 0.5) is 11.4 Å². The number of carbonyl (C=O) groups excluding carboxylic acids is 2. The van der Waals surface area contributed by atoms with Crippen molar-refractivity contribution in [3.63, 3.8) is 0 Å². The number of carbonyl (C=O) groups is 2. The van der Waals surface area contributed by atoms with Crippen LogP contribution in [0.1, 0.15) is 48.1 Å². The summed E-state index contributed by atoms with van der Waals surface area (Å²) < 4.78 is 1.95. The molecule has 1 aromatic carbocycles. The second kappa shape index (κ2) is 7.61. The molecule has 140 valence electrons. The summed E-state index contributed by atoms with van der Waals surface area (Å²) in [4.78, 5) is 28.7. The van der Waals surface area contributed by atoms with Gasteiger partial charge >= 0.3 is 0 Å². The van der Waals surface area contributed by atoms with Gasteiger partial charge in [0.05, 0.1) is 11.3 Å². The van der Waals surface area contributed by atoms with Gasteiger partial charge in [0.25, 0.3) is 5.91 Å². The van der Waals surface area contributed by atoms with Crippen molar-refractivity contribution in [3.8, 4) is 0 Å². The van der Waals surface area contributed by atoms with Crippen molar-refractivity contribution in [2.45, 2.75) is 40.5 Å². The van der Waals surface area contributed by atoms with Crippen LogP contribution in [0.3, 0.4) is 0 Å². The Balaban J connectivity index is 1.91. The number of aryl methyl sites for hydroxylation is 3. The molecule has 3 aromatic rings. The van der Waals surface area contributed by atoms with Gasteiger partial charge in [0.1, 0.15) is 5.65 Å². The van der Waals surface area contributed by atoms with Gasteiger partial charge in [-0.3, -0.25) is 9.59 Å². The lowest BCUT2D eigenvalue weighted by atomic mass is 10.1. The molecule has 0 aliphatic heterocycles. The minimum Gasteiger partial charge on any atom is -0.326 e. The molecular formula is C21H24N4O2. The van der Waals surface area contributed by atoms with Crippen LogP contribution < -0.4 is 10.6 Å². The molecule has 0 radical (unpaired) electrons. The van der Waals surface area contributed by atoms with E-state index in [1.807, 2.05) is 42.6 Å². The van der Waals surface area contributed by atoms with E-state index in [4.69, 9.17) is 0 Å². The van der Waals surface area contributed by atoms with E-state index in [-0.39, 0.29) is 11.8 Å². The molecule has 0 bridgehead atoms. The zero-order valence-corrected chi connectivity index (χ0v) is 16.1. The van der Waals surface area contributed by atoms with Crippen LogP contribution in [0.25, 0.3) is 5.65 Å². The Morgan fingerprint density at radius 1 is 1.07 bits per heavy atom. The Bertz CT molecular complexity index is 1020. The first-order valence-electron chi connectivity index (χ1n) is 9.12. The molecule has 0 aliphatic carbocycles. The average Bonchev–Trinajstić information content (AvgIpc) is 2.97. The summed E-state index contributed by atoms with van der Waals surface area (Å²) >= 11 is 0. The van der Waals surface area contributed by atoms with Crippen LogP contribution in [0.2, 0.25) is 0 Å². The fourth-order valence-corrected chi connectivity index (χ4v) is 3.16. The molecule has 3 rings (SSSR count). The third-order valence-corrected chi connectivity index (χ3v) is 4.61. The van der Waals surface area contributed by atoms with Crippen molar-refractivity contribution in [1.29, 1.82) is 0 Å². The SMILES string of the molecule is CCc1ccc(NC(C)=O)cc1NC(=O)c1ccc2nc(CC)c(C)n2c1. The number of pyridine rings is 1. The molecule has 2 N–H and O–H groups in total. The van der Waals surface area contributed by atoms with Crippen LogP contribution in [0.5, 0.6) is 0 Å². The lowest BCUT2D eigenvalue weighted by molar-refractivity contribution is -0.114. The minimum atomic E-state index is -0.197. The number of amides is 2. The summed E-state index contributed by atoms with van der Waals surface area (Å²) in [6.07, 6.45) is 3.44. The molecule has 6 nitrogen and oxygen atoms in total. The van der Waals surface area contributed by atoms with E-state index in [2.05, 4.69) is 22.5 Å². The highest BCUT2D eigenvalue weighted by Gasteiger charge is 2.13. The Labute approximate surface area is 158 Å². The van der Waals surface area contributed by atoms with E-state index >= 15 is 0 Å². The van der Waals surface area contributed by atoms with E-state index in [1.165, 1.54) is 6.92 Å². The summed E-state index contributed by atoms with van der Waals surface area (Å²) in [5.41, 5.74) is 5.83. The molecule has 2 amide bonds. The van der Waals surface area contributed by atoms with E-state index in [0.29, 0.717) is 16.9 Å². The van der Waals surface area contributed by atoms with Crippen LogP contribution in [0.15, 0.2) is 36.5 Å². The minimum absolute atomic E-state index is 0.149. The number of nitrogens with zero attached hydrogens (tertiary/aromatic N) is 2. The van der Waals surface area contributed by atoms with E-state index in [0.717, 1.165) is 35.4 Å². The number of hydrogen-bond acceptors (Lipinski definition) is 3. The molecule has 0 fully saturated rings. The zero-order valence-electron chi connectivity index (χ0n) is 16.1. The van der Waals surface area contributed by atoms with Crippen molar-refractivity contribution in [2.24, 2.45) is 0 Å². The van der Waals surface area contributed by atoms with Crippen LogP contribution in [0, 0.1) is 6.92 Å². The topological polar surface area (TPSA) is 75.5 Å². The maximum atomic E-state index is 12.8. The van der Waals surface area contributed by atoms with E-state index in [1.54, 1.807) is 12.1 Å². The lowest BCUT2D eigenvalue weighted by Crippen LogP contribution is -2.15. The monoisotopic (exact) mass is 364 g/mol. The van der Waals surface area contributed by atoms with Gasteiger partial charge in [0.2, 0.25) is 5.91 Å². The number of aromatic nitrogens is 2. The third kappa shape index (κ3) is 3.84. The van der Waals surface area contributed by atoms with Crippen molar-refractivity contribution < 1.29 is 9.59 Å². The highest BCUT2D eigenvalue weighted by atomic mass is 16.2. The first-order chi connectivity index (χ1) is 12.9. The summed E-state index contributed by atoms with van der Waals surface area (Å²) in [6.45, 7) is 7.55. The smallest absolute Gasteiger partial charge is 0.257 e. The molecule has 0 saturated heterocycles. The first-order valence-corrected chi connectivity index (χ1v) is 9.12. The number of hydrogen-bond donors (Lipinski definition) is 2. The molecule has 0 atom stereocenters. The summed E-state index contributed by atoms with van der Waals surface area (Å²) in [5, 5.41) is 5.72. The molecule has 2 heterocycles. The molecule has 0 unspecified atom stereocenters. The van der Waals surface area contributed by atoms with Crippen molar-refractivity contribution >= 4 is 28.8 Å². The zero-order chi connectivity index (χ0) is 19.6. The van der Waals surface area contributed by atoms with Gasteiger partial charge in [0.15, 0.2) is 0 Å². The predicted octanol–water partition coefficient (Wildman–Crippen LogP) is 3.98. The van der Waals surface area contributed by atoms with Crippen LogP contribution in [-0.2, 0) is 17.6 Å². The standard InChI is InChI=1S/C21H24N4O2/c1-5-15-7-9-17(22-14(4)26)11-19(15)24-21(27)16-8-10-20-23-18(6-2)13(3)25(20)12-16/h7-12H,5-6H2,1-4H3,(H,22,26)(H,24,27). The van der Waals surface area contributed by atoms with E-state index < -0.39 is 0 Å². The summed E-state index contributed by atoms with van der Waals surface area (Å²) in [7, 11) is 0. The van der Waals surface area contributed by atoms with Gasteiger partial charge < -0.3 is 15.0 Å². The third-order valence-electron chi connectivity index (χ3n) is 4.61. The predicted molar refractivity (Wildman–Crippen MR) is 107 cm³/mol. The molecule has 0 aliphatic rings. The number of fused-ring (bicyclic) bond motifs is 1. The van der Waals surface area contributed by atoms with Gasteiger partial charge in [-0.1, -0.05) is 19.9 Å². The molecule has 2 aromatic heterocycles. The number of imidazole rings is 1. The highest BCUT2D eigenvalue weighted by Crippen LogP contribution is 2.23. The summed E-state index contributed by atoms with van der Waals surface area (Å²) in [6, 6.07) is 9.17. The van der Waals surface area contributed by atoms with Crippen LogP contribution >= 0.6 is 0 Å². The normalized spacial score (nSPS) is 10.8. The number of benzene rings is 1. The second-order valence-electron chi connectivity index (χ2n) is 6.50. The van der Waals surface area contributed by atoms with Crippen molar-refractivity contribution in [2.75, 3.05) is 10.6 Å². The maximum Gasteiger partial charge on any atom is 0.257 e. The Kier molecular flexibility index (Phi) is 5.26. The number of rotatable bonds is 5. The quantitative estimate of drug-likeness (QED) is 0.719. The fourth-order valence-electron chi connectivity index (χ4n) is 3.16. The van der Waals surface area contributed by atoms with Gasteiger partial charge in [-0.15, -0.1) is 0 Å². The second-order valence-corrected chi connectivity index (χ2v) is 6.50. The molecule has 0 spiro atoms.